The van der Waals surface area contributed by atoms with Crippen molar-refractivity contribution in [1.29, 1.82) is 0 Å². The summed E-state index contributed by atoms with van der Waals surface area (Å²) in [6.45, 7) is 4.68. The number of fused-ring (bicyclic) bond motifs is 4. The molecule has 0 N–H and O–H groups in total. The van der Waals surface area contributed by atoms with Crippen molar-refractivity contribution in [3.8, 4) is 16.9 Å². The number of benzene rings is 3. The zero-order valence-corrected chi connectivity index (χ0v) is 20.5. The van der Waals surface area contributed by atoms with Crippen LogP contribution < -0.4 is 4.74 Å². The second kappa shape index (κ2) is 7.69. The lowest BCUT2D eigenvalue weighted by molar-refractivity contribution is 0.412. The number of halogens is 2. The van der Waals surface area contributed by atoms with Crippen molar-refractivity contribution < 1.29 is 4.74 Å². The summed E-state index contributed by atoms with van der Waals surface area (Å²) in [7, 11) is 1.76. The highest BCUT2D eigenvalue weighted by molar-refractivity contribution is 9.10. The van der Waals surface area contributed by atoms with Crippen LogP contribution in [0, 0.1) is 5.92 Å². The Morgan fingerprint density at radius 3 is 2.13 bits per heavy atom. The molecule has 1 nitrogen and oxygen atoms in total. The van der Waals surface area contributed by atoms with Crippen LogP contribution in [0.3, 0.4) is 0 Å². The first-order valence-electron chi connectivity index (χ1n) is 10.4. The lowest BCUT2D eigenvalue weighted by Crippen LogP contribution is -2.13. The summed E-state index contributed by atoms with van der Waals surface area (Å²) < 4.78 is 7.92. The molecular formula is C27H24Br2O. The summed E-state index contributed by atoms with van der Waals surface area (Å²) in [5, 5.41) is 0. The molecule has 2 atom stereocenters. The molecule has 5 rings (SSSR count). The van der Waals surface area contributed by atoms with Gasteiger partial charge in [-0.1, -0.05) is 74.7 Å². The van der Waals surface area contributed by atoms with E-state index in [0.717, 1.165) is 21.1 Å². The molecule has 0 saturated carbocycles. The highest BCUT2D eigenvalue weighted by atomic mass is 79.9. The maximum Gasteiger partial charge on any atom is 0.126 e. The number of allylic oxidation sites excluding steroid dienone is 1. The summed E-state index contributed by atoms with van der Waals surface area (Å²) in [6, 6.07) is 19.9. The Morgan fingerprint density at radius 1 is 0.900 bits per heavy atom. The van der Waals surface area contributed by atoms with Gasteiger partial charge in [-0.05, 0) is 77.4 Å². The van der Waals surface area contributed by atoms with Gasteiger partial charge in [-0.15, -0.1) is 0 Å². The first-order valence-corrected chi connectivity index (χ1v) is 12.0. The molecule has 0 bridgehead atoms. The van der Waals surface area contributed by atoms with E-state index in [1.54, 1.807) is 7.11 Å². The van der Waals surface area contributed by atoms with E-state index in [2.05, 4.69) is 106 Å². The molecule has 30 heavy (non-hydrogen) atoms. The predicted octanol–water partition coefficient (Wildman–Crippen LogP) is 8.56. The first kappa shape index (κ1) is 20.1. The fourth-order valence-electron chi connectivity index (χ4n) is 5.44. The summed E-state index contributed by atoms with van der Waals surface area (Å²) in [5.74, 6) is 2.31. The molecule has 2 aliphatic rings. The van der Waals surface area contributed by atoms with E-state index in [-0.39, 0.29) is 0 Å². The second-order valence-electron chi connectivity index (χ2n) is 8.56. The average Bonchev–Trinajstić information content (AvgIpc) is 3.21. The van der Waals surface area contributed by atoms with Gasteiger partial charge in [0.05, 0.1) is 7.11 Å². The lowest BCUT2D eigenvalue weighted by atomic mass is 9.78. The van der Waals surface area contributed by atoms with E-state index in [9.17, 15) is 0 Å². The van der Waals surface area contributed by atoms with Crippen LogP contribution in [0.1, 0.15) is 54.4 Å². The zero-order chi connectivity index (χ0) is 21.0. The van der Waals surface area contributed by atoms with Crippen LogP contribution in [0.15, 0.2) is 69.1 Å². The Morgan fingerprint density at radius 2 is 1.53 bits per heavy atom. The van der Waals surface area contributed by atoms with Crippen LogP contribution in [0.4, 0.5) is 0 Å². The van der Waals surface area contributed by atoms with Gasteiger partial charge in [0.15, 0.2) is 0 Å². The molecule has 0 radical (unpaired) electrons. The number of hydrogen-bond acceptors (Lipinski definition) is 1. The molecule has 0 amide bonds. The van der Waals surface area contributed by atoms with Crippen LogP contribution in [0.25, 0.3) is 17.2 Å². The summed E-state index contributed by atoms with van der Waals surface area (Å²) in [6.07, 6.45) is 3.43. The van der Waals surface area contributed by atoms with Gasteiger partial charge in [-0.2, -0.15) is 0 Å². The van der Waals surface area contributed by atoms with Crippen molar-refractivity contribution in [3.05, 3.63) is 91.4 Å². The van der Waals surface area contributed by atoms with Gasteiger partial charge in [0.25, 0.3) is 0 Å². The molecule has 0 fully saturated rings. The highest BCUT2D eigenvalue weighted by Gasteiger charge is 2.35. The average molecular weight is 524 g/mol. The molecule has 0 spiro atoms. The SMILES string of the molecule is COc1cccc2c1C=C(C)C2CC(C)C1c2cc(Br)ccc2-c2ccc(Br)cc21. The largest absolute Gasteiger partial charge is 0.496 e. The van der Waals surface area contributed by atoms with Gasteiger partial charge in [-0.3, -0.25) is 0 Å². The van der Waals surface area contributed by atoms with Crippen LogP contribution in [-0.2, 0) is 0 Å². The van der Waals surface area contributed by atoms with Crippen molar-refractivity contribution in [1.82, 2.24) is 0 Å². The van der Waals surface area contributed by atoms with E-state index >= 15 is 0 Å². The van der Waals surface area contributed by atoms with Gasteiger partial charge in [0, 0.05) is 26.3 Å². The zero-order valence-electron chi connectivity index (χ0n) is 17.4. The summed E-state index contributed by atoms with van der Waals surface area (Å²) in [5.41, 5.74) is 9.72. The van der Waals surface area contributed by atoms with Crippen molar-refractivity contribution >= 4 is 37.9 Å². The van der Waals surface area contributed by atoms with Gasteiger partial charge in [0.2, 0.25) is 0 Å². The molecule has 152 valence electrons. The number of ether oxygens (including phenoxy) is 1. The van der Waals surface area contributed by atoms with Crippen molar-refractivity contribution in [2.24, 2.45) is 5.92 Å². The van der Waals surface area contributed by atoms with Gasteiger partial charge in [-0.25, -0.2) is 0 Å². The van der Waals surface area contributed by atoms with Crippen LogP contribution >= 0.6 is 31.9 Å². The first-order chi connectivity index (χ1) is 14.5. The van der Waals surface area contributed by atoms with Crippen molar-refractivity contribution in [2.45, 2.75) is 32.1 Å². The van der Waals surface area contributed by atoms with Crippen molar-refractivity contribution in [3.63, 3.8) is 0 Å². The minimum atomic E-state index is 0.396. The quantitative estimate of drug-likeness (QED) is 0.332. The van der Waals surface area contributed by atoms with E-state index in [0.29, 0.717) is 17.8 Å². The third kappa shape index (κ3) is 3.18. The lowest BCUT2D eigenvalue weighted by Gasteiger charge is -2.26. The third-order valence-corrected chi connectivity index (χ3v) is 7.77. The molecule has 3 aromatic carbocycles. The fourth-order valence-corrected chi connectivity index (χ4v) is 6.20. The minimum Gasteiger partial charge on any atom is -0.496 e. The Balaban J connectivity index is 1.54. The summed E-state index contributed by atoms with van der Waals surface area (Å²) >= 11 is 7.41. The molecule has 3 heteroatoms. The van der Waals surface area contributed by atoms with E-state index < -0.39 is 0 Å². The van der Waals surface area contributed by atoms with Crippen LogP contribution in [0.2, 0.25) is 0 Å². The third-order valence-electron chi connectivity index (χ3n) is 6.78. The standard InChI is InChI=1S/C27H24Br2O/c1-15-11-23-19(5-4-6-26(23)30-3)22(15)12-16(2)27-24-13-17(28)7-9-20(24)21-10-8-18(29)14-25(21)27/h4-11,13-14,16,22,27H,12H2,1-3H3. The highest BCUT2D eigenvalue weighted by Crippen LogP contribution is 2.53. The molecule has 0 aliphatic heterocycles. The van der Waals surface area contributed by atoms with Gasteiger partial charge in [0.1, 0.15) is 5.75 Å². The molecule has 0 saturated heterocycles. The molecule has 2 unspecified atom stereocenters. The maximum atomic E-state index is 5.62. The van der Waals surface area contributed by atoms with Crippen molar-refractivity contribution in [2.75, 3.05) is 7.11 Å². The Hall–Kier alpha value is -1.84. The smallest absolute Gasteiger partial charge is 0.126 e. The predicted molar refractivity (Wildman–Crippen MR) is 132 cm³/mol. The molecule has 2 aliphatic carbocycles. The number of hydrogen-bond donors (Lipinski definition) is 0. The normalized spacial score (nSPS) is 17.9. The number of rotatable bonds is 4. The summed E-state index contributed by atoms with van der Waals surface area (Å²) in [4.78, 5) is 0. The van der Waals surface area contributed by atoms with Crippen LogP contribution in [-0.4, -0.2) is 7.11 Å². The van der Waals surface area contributed by atoms with Crippen LogP contribution in [0.5, 0.6) is 5.75 Å². The topological polar surface area (TPSA) is 9.23 Å². The molecule has 3 aromatic rings. The van der Waals surface area contributed by atoms with E-state index in [4.69, 9.17) is 4.74 Å². The Kier molecular flexibility index (Phi) is 5.15. The Labute approximate surface area is 195 Å². The Bertz CT molecular complexity index is 1130. The van der Waals surface area contributed by atoms with Gasteiger partial charge < -0.3 is 4.74 Å². The van der Waals surface area contributed by atoms with E-state index in [1.807, 2.05) is 0 Å². The molecule has 0 aromatic heterocycles. The number of methoxy groups -OCH3 is 1. The van der Waals surface area contributed by atoms with Gasteiger partial charge >= 0.3 is 0 Å². The monoisotopic (exact) mass is 522 g/mol. The molecule has 0 heterocycles. The second-order valence-corrected chi connectivity index (χ2v) is 10.4. The molecular weight excluding hydrogens is 500 g/mol. The minimum absolute atomic E-state index is 0.396. The maximum absolute atomic E-state index is 5.62. The fraction of sp³-hybridized carbons (Fsp3) is 0.259. The van der Waals surface area contributed by atoms with E-state index in [1.165, 1.54) is 39.0 Å².